The highest BCUT2D eigenvalue weighted by Gasteiger charge is 2.36. The molecule has 0 atom stereocenters. The molecule has 3 aromatic rings. The number of hydrogen-bond acceptors (Lipinski definition) is 0. The summed E-state index contributed by atoms with van der Waals surface area (Å²) in [4.78, 5) is 0. The second kappa shape index (κ2) is 6.56. The van der Waals surface area contributed by atoms with E-state index in [0.717, 1.165) is 21.7 Å². The fourth-order valence-corrected chi connectivity index (χ4v) is 3.71. The lowest BCUT2D eigenvalue weighted by atomic mass is 9.71. The number of alkyl halides is 1. The number of benzene rings is 3. The Morgan fingerprint density at radius 2 is 1.09 bits per heavy atom. The second-order valence-corrected chi connectivity index (χ2v) is 5.93. The fraction of sp³-hybridized carbons (Fsp3) is 0.100. The predicted octanol–water partition coefficient (Wildman–Crippen LogP) is 5.91. The van der Waals surface area contributed by atoms with E-state index in [2.05, 4.69) is 30.3 Å². The summed E-state index contributed by atoms with van der Waals surface area (Å²) in [6.45, 7) is 0. The van der Waals surface area contributed by atoms with Crippen LogP contribution in [-0.2, 0) is 5.41 Å². The molecule has 0 saturated heterocycles. The second-order valence-electron chi connectivity index (χ2n) is 5.25. The summed E-state index contributed by atoms with van der Waals surface area (Å²) >= 11 is 13.1. The zero-order valence-electron chi connectivity index (χ0n) is 12.0. The van der Waals surface area contributed by atoms with Crippen LogP contribution in [0.4, 0.5) is 0 Å². The lowest BCUT2D eigenvalue weighted by molar-refractivity contribution is 0.701. The van der Waals surface area contributed by atoms with Crippen LogP contribution in [0, 0.1) is 0 Å². The van der Waals surface area contributed by atoms with Crippen molar-refractivity contribution >= 4 is 23.2 Å². The van der Waals surface area contributed by atoms with Crippen molar-refractivity contribution in [3.05, 3.63) is 107 Å². The van der Waals surface area contributed by atoms with E-state index in [1.54, 1.807) is 0 Å². The van der Waals surface area contributed by atoms with Gasteiger partial charge in [0.25, 0.3) is 0 Å². The van der Waals surface area contributed by atoms with Gasteiger partial charge in [-0.1, -0.05) is 90.5 Å². The Morgan fingerprint density at radius 3 is 1.55 bits per heavy atom. The molecule has 2 heteroatoms. The molecule has 0 amide bonds. The molecule has 0 aliphatic heterocycles. The van der Waals surface area contributed by atoms with Crippen molar-refractivity contribution in [1.29, 1.82) is 0 Å². The Balaban J connectivity index is 2.34. The van der Waals surface area contributed by atoms with E-state index in [1.165, 1.54) is 0 Å². The minimum absolute atomic E-state index is 0.421. The van der Waals surface area contributed by atoms with E-state index in [0.29, 0.717) is 5.88 Å². The van der Waals surface area contributed by atoms with Crippen molar-refractivity contribution in [3.63, 3.8) is 0 Å². The van der Waals surface area contributed by atoms with E-state index in [9.17, 15) is 0 Å². The molecule has 0 aromatic heterocycles. The zero-order valence-corrected chi connectivity index (χ0v) is 13.6. The maximum absolute atomic E-state index is 6.54. The first kappa shape index (κ1) is 15.1. The molecular weight excluding hydrogens is 311 g/mol. The molecule has 0 radical (unpaired) electrons. The van der Waals surface area contributed by atoms with Gasteiger partial charge in [0.2, 0.25) is 0 Å². The molecule has 0 aliphatic carbocycles. The normalized spacial score (nSPS) is 11.4. The SMILES string of the molecule is ClCC(c1ccccc1)(c1ccccc1)c1ccccc1Cl. The van der Waals surface area contributed by atoms with Crippen LogP contribution in [0.3, 0.4) is 0 Å². The smallest absolute Gasteiger partial charge is 0.0600 e. The van der Waals surface area contributed by atoms with Gasteiger partial charge >= 0.3 is 0 Å². The Morgan fingerprint density at radius 1 is 0.636 bits per heavy atom. The molecular formula is C20H16Cl2. The van der Waals surface area contributed by atoms with E-state index < -0.39 is 5.41 Å². The van der Waals surface area contributed by atoms with Crippen LogP contribution in [-0.4, -0.2) is 5.88 Å². The zero-order chi connectivity index (χ0) is 15.4. The highest BCUT2D eigenvalue weighted by atomic mass is 35.5. The van der Waals surface area contributed by atoms with Crippen LogP contribution in [0.15, 0.2) is 84.9 Å². The van der Waals surface area contributed by atoms with Crippen LogP contribution in [0.1, 0.15) is 16.7 Å². The van der Waals surface area contributed by atoms with Gasteiger partial charge in [-0.15, -0.1) is 11.6 Å². The summed E-state index contributed by atoms with van der Waals surface area (Å²) in [5.41, 5.74) is 2.86. The monoisotopic (exact) mass is 326 g/mol. The molecule has 0 fully saturated rings. The Bertz CT molecular complexity index is 696. The topological polar surface area (TPSA) is 0 Å². The van der Waals surface area contributed by atoms with Gasteiger partial charge in [-0.25, -0.2) is 0 Å². The van der Waals surface area contributed by atoms with Crippen LogP contribution >= 0.6 is 23.2 Å². The quantitative estimate of drug-likeness (QED) is 0.412. The summed E-state index contributed by atoms with van der Waals surface area (Å²) in [6.07, 6.45) is 0. The van der Waals surface area contributed by atoms with Crippen molar-refractivity contribution in [1.82, 2.24) is 0 Å². The first-order chi connectivity index (χ1) is 10.8. The third-order valence-electron chi connectivity index (χ3n) is 4.07. The molecule has 0 unspecified atom stereocenters. The lowest BCUT2D eigenvalue weighted by Crippen LogP contribution is -2.31. The number of hydrogen-bond donors (Lipinski definition) is 0. The summed E-state index contributed by atoms with van der Waals surface area (Å²) in [7, 11) is 0. The molecule has 110 valence electrons. The first-order valence-corrected chi connectivity index (χ1v) is 8.12. The van der Waals surface area contributed by atoms with Crippen molar-refractivity contribution < 1.29 is 0 Å². The molecule has 0 spiro atoms. The molecule has 0 heterocycles. The Labute approximate surface area is 141 Å². The minimum Gasteiger partial charge on any atom is -0.125 e. The first-order valence-electron chi connectivity index (χ1n) is 7.21. The summed E-state index contributed by atoms with van der Waals surface area (Å²) in [5.74, 6) is 0.421. The van der Waals surface area contributed by atoms with Crippen LogP contribution in [0.2, 0.25) is 5.02 Å². The van der Waals surface area contributed by atoms with Gasteiger partial charge in [0.05, 0.1) is 5.41 Å². The summed E-state index contributed by atoms with van der Waals surface area (Å²) < 4.78 is 0. The van der Waals surface area contributed by atoms with E-state index in [4.69, 9.17) is 23.2 Å². The summed E-state index contributed by atoms with van der Waals surface area (Å²) in [5, 5.41) is 0.732. The molecule has 0 aliphatic rings. The predicted molar refractivity (Wildman–Crippen MR) is 94.9 cm³/mol. The van der Waals surface area contributed by atoms with Gasteiger partial charge in [0.15, 0.2) is 0 Å². The molecule has 0 nitrogen and oxygen atoms in total. The summed E-state index contributed by atoms with van der Waals surface area (Å²) in [6, 6.07) is 28.6. The van der Waals surface area contributed by atoms with E-state index >= 15 is 0 Å². The largest absolute Gasteiger partial charge is 0.125 e. The molecule has 0 bridgehead atoms. The maximum Gasteiger partial charge on any atom is 0.0600 e. The van der Waals surface area contributed by atoms with E-state index in [-0.39, 0.29) is 0 Å². The number of rotatable bonds is 4. The van der Waals surface area contributed by atoms with Crippen molar-refractivity contribution in [2.24, 2.45) is 0 Å². The Hall–Kier alpha value is -1.76. The van der Waals surface area contributed by atoms with E-state index in [1.807, 2.05) is 54.6 Å². The van der Waals surface area contributed by atoms with Crippen LogP contribution < -0.4 is 0 Å². The van der Waals surface area contributed by atoms with Gasteiger partial charge in [0, 0.05) is 10.9 Å². The Kier molecular flexibility index (Phi) is 4.52. The van der Waals surface area contributed by atoms with Crippen LogP contribution in [0.25, 0.3) is 0 Å². The van der Waals surface area contributed by atoms with Crippen molar-refractivity contribution in [3.8, 4) is 0 Å². The molecule has 22 heavy (non-hydrogen) atoms. The maximum atomic E-state index is 6.54. The van der Waals surface area contributed by atoms with Gasteiger partial charge in [-0.2, -0.15) is 0 Å². The van der Waals surface area contributed by atoms with Gasteiger partial charge in [-0.05, 0) is 22.8 Å². The highest BCUT2D eigenvalue weighted by Crippen LogP contribution is 2.42. The molecule has 3 aromatic carbocycles. The average molecular weight is 327 g/mol. The van der Waals surface area contributed by atoms with Gasteiger partial charge in [-0.3, -0.25) is 0 Å². The van der Waals surface area contributed by atoms with Gasteiger partial charge in [0.1, 0.15) is 0 Å². The van der Waals surface area contributed by atoms with Crippen LogP contribution in [0.5, 0.6) is 0 Å². The standard InChI is InChI=1S/C20H16Cl2/c21-15-20(16-9-3-1-4-10-16,17-11-5-2-6-12-17)18-13-7-8-14-19(18)22/h1-14H,15H2. The molecule has 0 saturated carbocycles. The number of halogens is 2. The average Bonchev–Trinajstić information content (AvgIpc) is 2.59. The van der Waals surface area contributed by atoms with Crippen molar-refractivity contribution in [2.75, 3.05) is 5.88 Å². The fourth-order valence-electron chi connectivity index (χ4n) is 2.96. The third kappa shape index (κ3) is 2.54. The third-order valence-corrected chi connectivity index (χ3v) is 4.80. The van der Waals surface area contributed by atoms with Gasteiger partial charge < -0.3 is 0 Å². The lowest BCUT2D eigenvalue weighted by Gasteiger charge is -2.34. The molecule has 0 N–H and O–H groups in total. The van der Waals surface area contributed by atoms with Crippen molar-refractivity contribution in [2.45, 2.75) is 5.41 Å². The molecule has 3 rings (SSSR count). The minimum atomic E-state index is -0.456. The highest BCUT2D eigenvalue weighted by molar-refractivity contribution is 6.31.